The average Bonchev–Trinajstić information content (AvgIpc) is 2.33. The molecule has 0 spiro atoms. The van der Waals surface area contributed by atoms with Gasteiger partial charge in [-0.25, -0.2) is 13.2 Å². The largest absolute Gasteiger partial charge is 0.478 e. The van der Waals surface area contributed by atoms with E-state index in [9.17, 15) is 13.2 Å². The van der Waals surface area contributed by atoms with Crippen molar-refractivity contribution in [3.05, 3.63) is 23.8 Å². The maximum atomic E-state index is 11.3. The van der Waals surface area contributed by atoms with Crippen LogP contribution in [-0.2, 0) is 9.84 Å². The smallest absolute Gasteiger partial charge is 0.337 e. The fourth-order valence-corrected chi connectivity index (χ4v) is 3.64. The maximum absolute atomic E-state index is 11.3. The van der Waals surface area contributed by atoms with E-state index in [0.29, 0.717) is 24.2 Å². The number of aromatic carboxylic acids is 1. The van der Waals surface area contributed by atoms with Crippen LogP contribution < -0.4 is 11.1 Å². The van der Waals surface area contributed by atoms with Crippen LogP contribution >= 0.6 is 0 Å². The van der Waals surface area contributed by atoms with Crippen LogP contribution in [0.25, 0.3) is 0 Å². The number of rotatable bonds is 3. The van der Waals surface area contributed by atoms with Gasteiger partial charge in [0, 0.05) is 6.04 Å². The number of carbonyl (C=O) groups is 1. The summed E-state index contributed by atoms with van der Waals surface area (Å²) < 4.78 is 22.7. The van der Waals surface area contributed by atoms with Crippen molar-refractivity contribution in [1.82, 2.24) is 0 Å². The quantitative estimate of drug-likeness (QED) is 0.713. The molecule has 0 atom stereocenters. The molecule has 1 heterocycles. The second kappa shape index (κ2) is 5.08. The standard InChI is InChI=1S/C12H16N2O4S/c13-10-3-1-2-9(12(15)16)11(10)14-8-4-6-19(17,18)7-5-8/h1-3,8,14H,4-7,13H2,(H,15,16). The molecule has 19 heavy (non-hydrogen) atoms. The van der Waals surface area contributed by atoms with E-state index in [-0.39, 0.29) is 23.1 Å². The molecule has 0 amide bonds. The maximum Gasteiger partial charge on any atom is 0.337 e. The summed E-state index contributed by atoms with van der Waals surface area (Å²) in [5, 5.41) is 12.2. The van der Waals surface area contributed by atoms with E-state index in [4.69, 9.17) is 10.8 Å². The molecule has 1 saturated heterocycles. The van der Waals surface area contributed by atoms with Crippen LogP contribution in [0.4, 0.5) is 11.4 Å². The second-order valence-corrected chi connectivity index (χ2v) is 6.95. The third kappa shape index (κ3) is 3.17. The Balaban J connectivity index is 2.18. The number of carboxylic acid groups (broad SMARTS) is 1. The van der Waals surface area contributed by atoms with E-state index >= 15 is 0 Å². The molecule has 0 aromatic heterocycles. The molecule has 1 aliphatic rings. The molecular weight excluding hydrogens is 268 g/mol. The lowest BCUT2D eigenvalue weighted by molar-refractivity contribution is 0.0698. The van der Waals surface area contributed by atoms with E-state index < -0.39 is 15.8 Å². The molecule has 4 N–H and O–H groups in total. The average molecular weight is 284 g/mol. The van der Waals surface area contributed by atoms with Crippen molar-refractivity contribution in [2.24, 2.45) is 0 Å². The molecule has 0 bridgehead atoms. The first-order chi connectivity index (χ1) is 8.89. The Morgan fingerprint density at radius 1 is 1.32 bits per heavy atom. The van der Waals surface area contributed by atoms with E-state index in [2.05, 4.69) is 5.32 Å². The van der Waals surface area contributed by atoms with E-state index in [1.165, 1.54) is 6.07 Å². The monoisotopic (exact) mass is 284 g/mol. The van der Waals surface area contributed by atoms with Crippen LogP contribution in [0.5, 0.6) is 0 Å². The van der Waals surface area contributed by atoms with Gasteiger partial charge in [-0.2, -0.15) is 0 Å². The zero-order chi connectivity index (χ0) is 14.0. The normalized spacial score (nSPS) is 18.9. The van der Waals surface area contributed by atoms with Gasteiger partial charge < -0.3 is 16.2 Å². The molecule has 0 aliphatic carbocycles. The second-order valence-electron chi connectivity index (χ2n) is 4.65. The van der Waals surface area contributed by atoms with E-state index in [0.717, 1.165) is 0 Å². The summed E-state index contributed by atoms with van der Waals surface area (Å²) in [6.07, 6.45) is 0.936. The highest BCUT2D eigenvalue weighted by Gasteiger charge is 2.25. The number of nitrogens with one attached hydrogen (secondary N) is 1. The molecule has 104 valence electrons. The van der Waals surface area contributed by atoms with E-state index in [1.54, 1.807) is 12.1 Å². The SMILES string of the molecule is Nc1cccc(C(=O)O)c1NC1CCS(=O)(=O)CC1. The van der Waals surface area contributed by atoms with Gasteiger partial charge in [0.05, 0.1) is 28.4 Å². The Labute approximate surface area is 111 Å². The van der Waals surface area contributed by atoms with Gasteiger partial charge in [0.15, 0.2) is 0 Å². The number of nitrogen functional groups attached to an aromatic ring is 1. The Bertz CT molecular complexity index is 584. The summed E-state index contributed by atoms with van der Waals surface area (Å²) in [5.74, 6) is -0.808. The topological polar surface area (TPSA) is 109 Å². The first-order valence-corrected chi connectivity index (χ1v) is 7.80. The number of carboxylic acids is 1. The number of hydrogen-bond donors (Lipinski definition) is 3. The molecule has 1 aliphatic heterocycles. The van der Waals surface area contributed by atoms with Gasteiger partial charge >= 0.3 is 5.97 Å². The van der Waals surface area contributed by atoms with Gasteiger partial charge in [-0.1, -0.05) is 6.07 Å². The van der Waals surface area contributed by atoms with Gasteiger partial charge in [0.1, 0.15) is 9.84 Å². The van der Waals surface area contributed by atoms with Crippen LogP contribution in [0.15, 0.2) is 18.2 Å². The Hall–Kier alpha value is -1.76. The van der Waals surface area contributed by atoms with Gasteiger partial charge in [-0.15, -0.1) is 0 Å². The van der Waals surface area contributed by atoms with Gasteiger partial charge in [0.25, 0.3) is 0 Å². The van der Waals surface area contributed by atoms with Crippen LogP contribution in [0, 0.1) is 0 Å². The minimum absolute atomic E-state index is 0.0636. The van der Waals surface area contributed by atoms with Crippen molar-refractivity contribution in [1.29, 1.82) is 0 Å². The van der Waals surface area contributed by atoms with Crippen LogP contribution in [0.2, 0.25) is 0 Å². The first-order valence-electron chi connectivity index (χ1n) is 5.98. The van der Waals surface area contributed by atoms with Crippen molar-refractivity contribution in [3.8, 4) is 0 Å². The third-order valence-corrected chi connectivity index (χ3v) is 4.95. The van der Waals surface area contributed by atoms with Crippen molar-refractivity contribution >= 4 is 27.2 Å². The summed E-state index contributed by atoms with van der Waals surface area (Å²) in [6, 6.07) is 4.61. The first kappa shape index (κ1) is 13.7. The number of sulfone groups is 1. The fraction of sp³-hybridized carbons (Fsp3) is 0.417. The highest BCUT2D eigenvalue weighted by molar-refractivity contribution is 7.91. The van der Waals surface area contributed by atoms with Crippen molar-refractivity contribution in [3.63, 3.8) is 0 Å². The number of para-hydroxylation sites is 1. The van der Waals surface area contributed by atoms with Crippen LogP contribution in [0.1, 0.15) is 23.2 Å². The minimum Gasteiger partial charge on any atom is -0.478 e. The van der Waals surface area contributed by atoms with E-state index in [1.807, 2.05) is 0 Å². The molecule has 0 unspecified atom stereocenters. The highest BCUT2D eigenvalue weighted by atomic mass is 32.2. The zero-order valence-electron chi connectivity index (χ0n) is 10.3. The van der Waals surface area contributed by atoms with Crippen molar-refractivity contribution < 1.29 is 18.3 Å². The summed E-state index contributed by atoms with van der Waals surface area (Å²) in [7, 11) is -2.93. The predicted molar refractivity (Wildman–Crippen MR) is 73.1 cm³/mol. The molecule has 1 aromatic carbocycles. The Morgan fingerprint density at radius 3 is 2.53 bits per heavy atom. The van der Waals surface area contributed by atoms with Gasteiger partial charge in [-0.05, 0) is 25.0 Å². The van der Waals surface area contributed by atoms with Crippen molar-refractivity contribution in [2.75, 3.05) is 22.6 Å². The number of hydrogen-bond acceptors (Lipinski definition) is 5. The highest BCUT2D eigenvalue weighted by Crippen LogP contribution is 2.26. The molecule has 0 saturated carbocycles. The Morgan fingerprint density at radius 2 is 1.95 bits per heavy atom. The van der Waals surface area contributed by atoms with Crippen LogP contribution in [0.3, 0.4) is 0 Å². The summed E-state index contributed by atoms with van der Waals surface area (Å²) in [6.45, 7) is 0. The lowest BCUT2D eigenvalue weighted by atomic mass is 10.1. The van der Waals surface area contributed by atoms with Gasteiger partial charge in [0.2, 0.25) is 0 Å². The third-order valence-electron chi connectivity index (χ3n) is 3.23. The summed E-state index contributed by atoms with van der Waals surface area (Å²) in [4.78, 5) is 11.1. The molecule has 6 nitrogen and oxygen atoms in total. The lowest BCUT2D eigenvalue weighted by Gasteiger charge is -2.25. The molecule has 7 heteroatoms. The minimum atomic E-state index is -2.93. The number of anilines is 2. The summed E-state index contributed by atoms with van der Waals surface area (Å²) >= 11 is 0. The fourth-order valence-electron chi connectivity index (χ4n) is 2.15. The molecule has 1 fully saturated rings. The zero-order valence-corrected chi connectivity index (χ0v) is 11.1. The van der Waals surface area contributed by atoms with Crippen molar-refractivity contribution in [2.45, 2.75) is 18.9 Å². The predicted octanol–water partition coefficient (Wildman–Crippen LogP) is 0.956. The molecule has 0 radical (unpaired) electrons. The van der Waals surface area contributed by atoms with Crippen LogP contribution in [-0.4, -0.2) is 37.0 Å². The Kier molecular flexibility index (Phi) is 3.66. The van der Waals surface area contributed by atoms with Gasteiger partial charge in [-0.3, -0.25) is 0 Å². The summed E-state index contributed by atoms with van der Waals surface area (Å²) in [5.41, 5.74) is 6.62. The lowest BCUT2D eigenvalue weighted by Crippen LogP contribution is -2.32. The molecule has 1 aromatic rings. The molecular formula is C12H16N2O4S. The number of nitrogens with two attached hydrogens (primary N) is 1. The number of benzene rings is 1. The molecule has 2 rings (SSSR count).